The molecule has 252 valence electrons. The summed E-state index contributed by atoms with van der Waals surface area (Å²) in [6, 6.07) is 55.1. The maximum absolute atomic E-state index is 12.4. The van der Waals surface area contributed by atoms with Crippen LogP contribution in [-0.4, -0.2) is 25.1 Å². The largest absolute Gasteiger partial charge is 0.493 e. The minimum Gasteiger partial charge on any atom is -0.493 e. The van der Waals surface area contributed by atoms with Gasteiger partial charge in [0.1, 0.15) is 5.75 Å². The van der Waals surface area contributed by atoms with Crippen molar-refractivity contribution in [1.82, 2.24) is 0 Å². The number of amides is 1. The molecule has 0 aromatic heterocycles. The second-order valence-corrected chi connectivity index (χ2v) is 11.6. The average Bonchev–Trinajstić information content (AvgIpc) is 3.14. The summed E-state index contributed by atoms with van der Waals surface area (Å²) in [5.74, 6) is 0.587. The molecule has 0 saturated heterocycles. The SMILES string of the molecule is CC(=O)N(c1ccccc1)c1ccc(-c2ccc(N(c3ccccc3)c3ccccc3)cc2)cc1.CC(=O)OCCCOc1ccc(C)cc1. The number of carbonyl (C=O) groups excluding carboxylic acids is 2. The maximum atomic E-state index is 12.4. The van der Waals surface area contributed by atoms with Gasteiger partial charge in [-0.25, -0.2) is 0 Å². The number of hydrogen-bond acceptors (Lipinski definition) is 5. The summed E-state index contributed by atoms with van der Waals surface area (Å²) in [4.78, 5) is 26.8. The number of nitrogens with zero attached hydrogens (tertiary/aromatic N) is 2. The first-order chi connectivity index (χ1) is 24.4. The second-order valence-electron chi connectivity index (χ2n) is 11.6. The number of ether oxygens (including phenoxy) is 2. The fourth-order valence-electron chi connectivity index (χ4n) is 5.40. The van der Waals surface area contributed by atoms with E-state index in [2.05, 4.69) is 89.8 Å². The van der Waals surface area contributed by atoms with E-state index in [0.717, 1.165) is 45.3 Å². The Balaban J connectivity index is 0.000000273. The third-order valence-corrected chi connectivity index (χ3v) is 7.83. The molecule has 0 aliphatic heterocycles. The highest BCUT2D eigenvalue weighted by Crippen LogP contribution is 2.36. The quantitative estimate of drug-likeness (QED) is 0.102. The van der Waals surface area contributed by atoms with Crippen molar-refractivity contribution in [1.29, 1.82) is 0 Å². The molecule has 6 aromatic rings. The third kappa shape index (κ3) is 9.94. The number of anilines is 5. The summed E-state index contributed by atoms with van der Waals surface area (Å²) in [6.45, 7) is 6.01. The van der Waals surface area contributed by atoms with Crippen molar-refractivity contribution < 1.29 is 19.1 Å². The molecular weight excluding hydrogens is 620 g/mol. The Kier molecular flexibility index (Phi) is 12.6. The number of benzene rings is 6. The van der Waals surface area contributed by atoms with Gasteiger partial charge in [0, 0.05) is 48.7 Å². The van der Waals surface area contributed by atoms with Crippen LogP contribution in [0.25, 0.3) is 11.1 Å². The van der Waals surface area contributed by atoms with Crippen LogP contribution in [0.4, 0.5) is 28.4 Å². The van der Waals surface area contributed by atoms with Gasteiger partial charge >= 0.3 is 5.97 Å². The molecule has 0 saturated carbocycles. The van der Waals surface area contributed by atoms with Crippen molar-refractivity contribution in [2.24, 2.45) is 0 Å². The summed E-state index contributed by atoms with van der Waals surface area (Å²) in [7, 11) is 0. The highest BCUT2D eigenvalue weighted by molar-refractivity contribution is 5.99. The molecule has 6 rings (SSSR count). The number of aryl methyl sites for hydroxylation is 1. The van der Waals surface area contributed by atoms with Gasteiger partial charge in [-0.15, -0.1) is 0 Å². The topological polar surface area (TPSA) is 59.1 Å². The molecule has 6 aromatic carbocycles. The highest BCUT2D eigenvalue weighted by atomic mass is 16.5. The van der Waals surface area contributed by atoms with E-state index in [1.54, 1.807) is 11.8 Å². The van der Waals surface area contributed by atoms with E-state index in [1.165, 1.54) is 12.5 Å². The second kappa shape index (κ2) is 17.9. The van der Waals surface area contributed by atoms with Gasteiger partial charge in [0.25, 0.3) is 0 Å². The fourth-order valence-corrected chi connectivity index (χ4v) is 5.40. The molecule has 0 spiro atoms. The lowest BCUT2D eigenvalue weighted by molar-refractivity contribution is -0.141. The summed E-state index contributed by atoms with van der Waals surface area (Å²) in [5.41, 5.74) is 8.46. The molecule has 0 heterocycles. The van der Waals surface area contributed by atoms with E-state index >= 15 is 0 Å². The lowest BCUT2D eigenvalue weighted by Gasteiger charge is -2.25. The minimum atomic E-state index is -0.245. The van der Waals surface area contributed by atoms with Crippen LogP contribution >= 0.6 is 0 Å². The summed E-state index contributed by atoms with van der Waals surface area (Å²) in [6.07, 6.45) is 0.716. The van der Waals surface area contributed by atoms with Crippen LogP contribution in [-0.2, 0) is 14.3 Å². The zero-order chi connectivity index (χ0) is 35.1. The van der Waals surface area contributed by atoms with E-state index in [4.69, 9.17) is 9.47 Å². The molecular formula is C44H42N2O4. The molecule has 0 atom stereocenters. The van der Waals surface area contributed by atoms with Gasteiger partial charge in [-0.2, -0.15) is 0 Å². The molecule has 0 aliphatic carbocycles. The lowest BCUT2D eigenvalue weighted by atomic mass is 10.0. The third-order valence-electron chi connectivity index (χ3n) is 7.83. The first kappa shape index (κ1) is 35.2. The van der Waals surface area contributed by atoms with Gasteiger partial charge in [0.05, 0.1) is 13.2 Å². The van der Waals surface area contributed by atoms with Crippen LogP contribution in [0.2, 0.25) is 0 Å². The Hall–Kier alpha value is -6.14. The molecule has 0 bridgehead atoms. The van der Waals surface area contributed by atoms with Crippen LogP contribution in [0.1, 0.15) is 25.8 Å². The van der Waals surface area contributed by atoms with E-state index in [1.807, 2.05) is 85.8 Å². The van der Waals surface area contributed by atoms with Gasteiger partial charge in [0.15, 0.2) is 0 Å². The molecule has 0 aliphatic rings. The maximum Gasteiger partial charge on any atom is 0.302 e. The highest BCUT2D eigenvalue weighted by Gasteiger charge is 2.15. The van der Waals surface area contributed by atoms with Gasteiger partial charge < -0.3 is 14.4 Å². The molecule has 0 radical (unpaired) electrons. The summed E-state index contributed by atoms with van der Waals surface area (Å²) < 4.78 is 10.2. The van der Waals surface area contributed by atoms with E-state index in [-0.39, 0.29) is 11.9 Å². The van der Waals surface area contributed by atoms with Crippen LogP contribution in [0.15, 0.2) is 164 Å². The zero-order valence-corrected chi connectivity index (χ0v) is 28.7. The average molecular weight is 663 g/mol. The Morgan fingerprint density at radius 3 is 1.38 bits per heavy atom. The van der Waals surface area contributed by atoms with Gasteiger partial charge in [-0.3, -0.25) is 14.5 Å². The zero-order valence-electron chi connectivity index (χ0n) is 28.7. The molecule has 0 unspecified atom stereocenters. The molecule has 6 heteroatoms. The van der Waals surface area contributed by atoms with Crippen LogP contribution in [0.5, 0.6) is 5.75 Å². The molecule has 1 amide bonds. The Labute approximate surface area is 295 Å². The molecule has 0 fully saturated rings. The van der Waals surface area contributed by atoms with Crippen molar-refractivity contribution in [3.63, 3.8) is 0 Å². The summed E-state index contributed by atoms with van der Waals surface area (Å²) >= 11 is 0. The number of hydrogen-bond donors (Lipinski definition) is 0. The molecule has 6 nitrogen and oxygen atoms in total. The van der Waals surface area contributed by atoms with E-state index in [9.17, 15) is 9.59 Å². The first-order valence-corrected chi connectivity index (χ1v) is 16.7. The lowest BCUT2D eigenvalue weighted by Crippen LogP contribution is -2.22. The standard InChI is InChI=1S/C32H26N2O.C12H16O3/c1-25(35)33(28-11-5-2-6-12-28)31-21-17-26(18-22-31)27-19-23-32(24-20-27)34(29-13-7-3-8-14-29)30-15-9-4-10-16-30;1-10-4-6-12(7-5-10)15-9-3-8-14-11(2)13/h2-24H,1H3;4-7H,3,8-9H2,1-2H3. The van der Waals surface area contributed by atoms with Gasteiger partial charge in [-0.05, 0) is 90.8 Å². The van der Waals surface area contributed by atoms with Crippen LogP contribution < -0.4 is 14.5 Å². The number of esters is 1. The Morgan fingerprint density at radius 2 is 0.920 bits per heavy atom. The Bertz CT molecular complexity index is 1870. The van der Waals surface area contributed by atoms with E-state index in [0.29, 0.717) is 19.6 Å². The minimum absolute atomic E-state index is 0.0183. The van der Waals surface area contributed by atoms with Crippen LogP contribution in [0, 0.1) is 6.92 Å². The predicted molar refractivity (Wildman–Crippen MR) is 204 cm³/mol. The van der Waals surface area contributed by atoms with Crippen LogP contribution in [0.3, 0.4) is 0 Å². The van der Waals surface area contributed by atoms with Crippen molar-refractivity contribution in [2.45, 2.75) is 27.2 Å². The molecule has 0 N–H and O–H groups in total. The number of rotatable bonds is 11. The fraction of sp³-hybridized carbons (Fsp3) is 0.136. The summed E-state index contributed by atoms with van der Waals surface area (Å²) in [5, 5.41) is 0. The van der Waals surface area contributed by atoms with Crippen molar-refractivity contribution in [3.8, 4) is 16.9 Å². The van der Waals surface area contributed by atoms with E-state index < -0.39 is 0 Å². The van der Waals surface area contributed by atoms with Crippen molar-refractivity contribution in [3.05, 3.63) is 169 Å². The smallest absolute Gasteiger partial charge is 0.302 e. The predicted octanol–water partition coefficient (Wildman–Crippen LogP) is 10.8. The number of carbonyl (C=O) groups is 2. The normalized spacial score (nSPS) is 10.3. The van der Waals surface area contributed by atoms with Gasteiger partial charge in [-0.1, -0.05) is 96.6 Å². The van der Waals surface area contributed by atoms with Crippen molar-refractivity contribution in [2.75, 3.05) is 23.0 Å². The number of para-hydroxylation sites is 3. The Morgan fingerprint density at radius 1 is 0.500 bits per heavy atom. The monoisotopic (exact) mass is 662 g/mol. The van der Waals surface area contributed by atoms with Gasteiger partial charge in [0.2, 0.25) is 5.91 Å². The first-order valence-electron chi connectivity index (χ1n) is 16.7. The van der Waals surface area contributed by atoms with Crippen molar-refractivity contribution >= 4 is 40.3 Å². The molecule has 50 heavy (non-hydrogen) atoms.